The lowest BCUT2D eigenvalue weighted by Gasteiger charge is -2.30. The van der Waals surface area contributed by atoms with Gasteiger partial charge in [-0.2, -0.15) is 0 Å². The van der Waals surface area contributed by atoms with Crippen molar-refractivity contribution in [3.8, 4) is 0 Å². The number of hydrazine groups is 1. The Morgan fingerprint density at radius 2 is 2.06 bits per heavy atom. The normalized spacial score (nSPS) is 19.1. The third-order valence-corrected chi connectivity index (χ3v) is 2.55. The van der Waals surface area contributed by atoms with Gasteiger partial charge >= 0.3 is 0 Å². The van der Waals surface area contributed by atoms with Crippen LogP contribution in [0.3, 0.4) is 0 Å². The second-order valence-corrected chi connectivity index (χ2v) is 3.83. The monoisotopic (exact) mass is 228 g/mol. The van der Waals surface area contributed by atoms with E-state index in [1.165, 1.54) is 0 Å². The lowest BCUT2D eigenvalue weighted by atomic mass is 10.1. The summed E-state index contributed by atoms with van der Waals surface area (Å²) in [5.74, 6) is 4.10. The predicted molar refractivity (Wildman–Crippen MR) is 55.7 cm³/mol. The zero-order valence-electron chi connectivity index (χ0n) is 9.16. The van der Waals surface area contributed by atoms with Crippen LogP contribution in [0, 0.1) is 0 Å². The van der Waals surface area contributed by atoms with E-state index in [0.717, 1.165) is 0 Å². The fourth-order valence-electron chi connectivity index (χ4n) is 1.57. The summed E-state index contributed by atoms with van der Waals surface area (Å²) < 4.78 is 0. The van der Waals surface area contributed by atoms with Crippen LogP contribution in [0.4, 0.5) is 0 Å². The van der Waals surface area contributed by atoms with Gasteiger partial charge in [-0.25, -0.2) is 5.84 Å². The Morgan fingerprint density at radius 1 is 1.50 bits per heavy atom. The van der Waals surface area contributed by atoms with Gasteiger partial charge in [-0.3, -0.25) is 30.0 Å². The molecule has 3 amide bonds. The van der Waals surface area contributed by atoms with Crippen LogP contribution in [0.15, 0.2) is 0 Å². The van der Waals surface area contributed by atoms with E-state index in [0.29, 0.717) is 6.42 Å². The molecular weight excluding hydrogens is 212 g/mol. The van der Waals surface area contributed by atoms with E-state index in [2.05, 4.69) is 5.32 Å². The molecule has 1 unspecified atom stereocenters. The Hall–Kier alpha value is -1.47. The Bertz CT molecular complexity index is 289. The van der Waals surface area contributed by atoms with E-state index in [-0.39, 0.29) is 43.3 Å². The van der Waals surface area contributed by atoms with Crippen molar-refractivity contribution in [1.82, 2.24) is 15.6 Å². The smallest absolute Gasteiger partial charge is 0.240 e. The molecule has 0 aromatic carbocycles. The maximum absolute atomic E-state index is 11.1. The maximum atomic E-state index is 11.1. The number of nitrogens with one attached hydrogen (secondary N) is 2. The molecule has 0 spiro atoms. The molecule has 1 rings (SSSR count). The third kappa shape index (κ3) is 3.59. The number of hydrogen-bond donors (Lipinski definition) is 3. The molecule has 1 aliphatic heterocycles. The second kappa shape index (κ2) is 5.57. The number of carbonyl (C=O) groups excluding carboxylic acids is 3. The number of amides is 3. The van der Waals surface area contributed by atoms with Crippen LogP contribution in [0.5, 0.6) is 0 Å². The van der Waals surface area contributed by atoms with Crippen molar-refractivity contribution >= 4 is 17.7 Å². The summed E-state index contributed by atoms with van der Waals surface area (Å²) in [5, 5.41) is 2.22. The molecule has 16 heavy (non-hydrogen) atoms. The first-order chi connectivity index (χ1) is 7.52. The fourth-order valence-corrected chi connectivity index (χ4v) is 1.57. The highest BCUT2D eigenvalue weighted by molar-refractivity contribution is 5.99. The molecule has 7 nitrogen and oxygen atoms in total. The molecule has 0 aromatic heterocycles. The minimum atomic E-state index is -0.300. The van der Waals surface area contributed by atoms with Crippen molar-refractivity contribution < 1.29 is 14.4 Å². The first-order valence-corrected chi connectivity index (χ1v) is 5.09. The van der Waals surface area contributed by atoms with Crippen LogP contribution in [0.2, 0.25) is 0 Å². The SMILES string of the molecule is CC(CCC(=O)NN)N1CC(=O)NC(=O)C1. The topological polar surface area (TPSA) is 105 Å². The van der Waals surface area contributed by atoms with Crippen molar-refractivity contribution in [2.24, 2.45) is 5.84 Å². The van der Waals surface area contributed by atoms with Crippen LogP contribution in [0.25, 0.3) is 0 Å². The molecule has 0 saturated carbocycles. The highest BCUT2D eigenvalue weighted by Crippen LogP contribution is 2.08. The number of hydrogen-bond acceptors (Lipinski definition) is 5. The molecule has 1 fully saturated rings. The quantitative estimate of drug-likeness (QED) is 0.226. The standard InChI is InChI=1S/C9H16N4O3/c1-6(2-3-7(14)12-10)13-4-8(15)11-9(16)5-13/h6H,2-5,10H2,1H3,(H,12,14)(H,11,15,16). The van der Waals surface area contributed by atoms with E-state index in [9.17, 15) is 14.4 Å². The number of piperazine rings is 1. The molecular formula is C9H16N4O3. The average Bonchev–Trinajstić information content (AvgIpc) is 2.23. The van der Waals surface area contributed by atoms with Crippen LogP contribution in [0.1, 0.15) is 19.8 Å². The van der Waals surface area contributed by atoms with Gasteiger partial charge in [-0.05, 0) is 13.3 Å². The summed E-state index contributed by atoms with van der Waals surface area (Å²) in [7, 11) is 0. The van der Waals surface area contributed by atoms with E-state index in [4.69, 9.17) is 5.84 Å². The minimum absolute atomic E-state index is 0.00713. The number of nitrogens with two attached hydrogens (primary N) is 1. The van der Waals surface area contributed by atoms with E-state index in [1.54, 1.807) is 4.90 Å². The molecule has 90 valence electrons. The molecule has 1 saturated heterocycles. The molecule has 0 aromatic rings. The summed E-state index contributed by atoms with van der Waals surface area (Å²) in [4.78, 5) is 34.9. The van der Waals surface area contributed by atoms with Gasteiger partial charge < -0.3 is 0 Å². The molecule has 1 heterocycles. The van der Waals surface area contributed by atoms with Crippen molar-refractivity contribution in [3.05, 3.63) is 0 Å². The van der Waals surface area contributed by atoms with E-state index < -0.39 is 0 Å². The summed E-state index contributed by atoms with van der Waals surface area (Å²) in [6.07, 6.45) is 0.841. The Balaban J connectivity index is 2.40. The minimum Gasteiger partial charge on any atom is -0.294 e. The van der Waals surface area contributed by atoms with Crippen LogP contribution in [-0.2, 0) is 14.4 Å². The highest BCUT2D eigenvalue weighted by Gasteiger charge is 2.26. The summed E-state index contributed by atoms with van der Waals surface area (Å²) >= 11 is 0. The van der Waals surface area contributed by atoms with Crippen molar-refractivity contribution in [3.63, 3.8) is 0 Å². The van der Waals surface area contributed by atoms with Gasteiger partial charge in [-0.15, -0.1) is 0 Å². The van der Waals surface area contributed by atoms with Gasteiger partial charge in [0.15, 0.2) is 0 Å². The van der Waals surface area contributed by atoms with Crippen LogP contribution >= 0.6 is 0 Å². The Labute approximate surface area is 93.3 Å². The van der Waals surface area contributed by atoms with Gasteiger partial charge in [0.1, 0.15) is 0 Å². The van der Waals surface area contributed by atoms with E-state index >= 15 is 0 Å². The van der Waals surface area contributed by atoms with Crippen molar-refractivity contribution in [2.45, 2.75) is 25.8 Å². The van der Waals surface area contributed by atoms with Gasteiger partial charge in [-0.1, -0.05) is 0 Å². The largest absolute Gasteiger partial charge is 0.294 e. The number of nitrogens with zero attached hydrogens (tertiary/aromatic N) is 1. The number of rotatable bonds is 4. The van der Waals surface area contributed by atoms with Crippen molar-refractivity contribution in [1.29, 1.82) is 0 Å². The number of carbonyl (C=O) groups is 3. The van der Waals surface area contributed by atoms with Crippen LogP contribution < -0.4 is 16.6 Å². The van der Waals surface area contributed by atoms with Gasteiger partial charge in [0.05, 0.1) is 13.1 Å². The fraction of sp³-hybridized carbons (Fsp3) is 0.667. The molecule has 1 atom stereocenters. The molecule has 0 bridgehead atoms. The zero-order valence-corrected chi connectivity index (χ0v) is 9.16. The van der Waals surface area contributed by atoms with Gasteiger partial charge in [0.2, 0.25) is 17.7 Å². The second-order valence-electron chi connectivity index (χ2n) is 3.83. The third-order valence-electron chi connectivity index (χ3n) is 2.55. The Kier molecular flexibility index (Phi) is 4.39. The van der Waals surface area contributed by atoms with E-state index in [1.807, 2.05) is 12.3 Å². The first kappa shape index (κ1) is 12.6. The lowest BCUT2D eigenvalue weighted by Crippen LogP contribution is -2.54. The lowest BCUT2D eigenvalue weighted by molar-refractivity contribution is -0.137. The first-order valence-electron chi connectivity index (χ1n) is 5.09. The predicted octanol–water partition coefficient (Wildman–Crippen LogP) is -1.90. The average molecular weight is 228 g/mol. The Morgan fingerprint density at radius 3 is 2.56 bits per heavy atom. The highest BCUT2D eigenvalue weighted by atomic mass is 16.2. The molecule has 0 aliphatic carbocycles. The molecule has 7 heteroatoms. The van der Waals surface area contributed by atoms with Gasteiger partial charge in [0, 0.05) is 12.5 Å². The zero-order chi connectivity index (χ0) is 12.1. The van der Waals surface area contributed by atoms with Crippen LogP contribution in [-0.4, -0.2) is 41.8 Å². The molecule has 1 aliphatic rings. The molecule has 0 radical (unpaired) electrons. The summed E-state index contributed by atoms with van der Waals surface area (Å²) in [6, 6.07) is -0.00713. The van der Waals surface area contributed by atoms with Gasteiger partial charge in [0.25, 0.3) is 0 Å². The molecule has 4 N–H and O–H groups in total. The maximum Gasteiger partial charge on any atom is 0.240 e. The van der Waals surface area contributed by atoms with Crippen molar-refractivity contribution in [2.75, 3.05) is 13.1 Å². The summed E-state index contributed by atoms with van der Waals surface area (Å²) in [6.45, 7) is 2.25. The number of imide groups is 1. The summed E-state index contributed by atoms with van der Waals surface area (Å²) in [5.41, 5.74) is 2.04.